The molecule has 0 aromatic heterocycles. The van der Waals surface area contributed by atoms with Crippen LogP contribution in [0.3, 0.4) is 0 Å². The first-order valence-corrected chi connectivity index (χ1v) is 11.1. The Morgan fingerprint density at radius 1 is 1.09 bits per heavy atom. The average Bonchev–Trinajstić information content (AvgIpc) is 2.73. The van der Waals surface area contributed by atoms with Crippen LogP contribution in [0.4, 0.5) is 5.69 Å². The van der Waals surface area contributed by atoms with E-state index in [2.05, 4.69) is 13.8 Å². The zero-order chi connectivity index (χ0) is 23.0. The van der Waals surface area contributed by atoms with Crippen molar-refractivity contribution in [3.63, 3.8) is 0 Å². The Morgan fingerprint density at radius 2 is 1.75 bits per heavy atom. The topological polar surface area (TPSA) is 72.6 Å². The van der Waals surface area contributed by atoms with Gasteiger partial charge in [0.1, 0.15) is 5.82 Å². The lowest BCUT2D eigenvalue weighted by Crippen LogP contribution is -2.43. The number of aryl methyl sites for hydroxylation is 1. The number of allylic oxidation sites excluding steroid dienone is 2. The summed E-state index contributed by atoms with van der Waals surface area (Å²) in [6.07, 6.45) is 1.11. The number of benzene rings is 2. The summed E-state index contributed by atoms with van der Waals surface area (Å²) in [6.45, 7) is 8.21. The van der Waals surface area contributed by atoms with Gasteiger partial charge >= 0.3 is 5.97 Å². The lowest BCUT2D eigenvalue weighted by atomic mass is 9.68. The van der Waals surface area contributed by atoms with E-state index in [-0.39, 0.29) is 17.8 Å². The third-order valence-corrected chi connectivity index (χ3v) is 6.18. The molecule has 0 spiro atoms. The third-order valence-electron chi connectivity index (χ3n) is 6.18. The number of hydrogen-bond acceptors (Lipinski definition) is 5. The Bertz CT molecular complexity index is 1110. The molecule has 1 unspecified atom stereocenters. The number of anilines is 1. The van der Waals surface area contributed by atoms with Crippen LogP contribution >= 0.6 is 0 Å². The van der Waals surface area contributed by atoms with Gasteiger partial charge in [0.05, 0.1) is 18.1 Å². The second kappa shape index (κ2) is 8.30. The predicted octanol–water partition coefficient (Wildman–Crippen LogP) is 4.98. The van der Waals surface area contributed by atoms with Crippen molar-refractivity contribution < 1.29 is 14.3 Å². The summed E-state index contributed by atoms with van der Waals surface area (Å²) in [5, 5.41) is 0. The van der Waals surface area contributed by atoms with Gasteiger partial charge in [-0.2, -0.15) is 0 Å². The van der Waals surface area contributed by atoms with E-state index >= 15 is 0 Å². The van der Waals surface area contributed by atoms with Crippen LogP contribution < -0.4 is 10.6 Å². The number of hydrogen-bond donors (Lipinski definition) is 1. The van der Waals surface area contributed by atoms with E-state index in [0.717, 1.165) is 22.5 Å². The van der Waals surface area contributed by atoms with Crippen molar-refractivity contribution in [2.24, 2.45) is 11.1 Å². The second-order valence-electron chi connectivity index (χ2n) is 9.34. The van der Waals surface area contributed by atoms with E-state index in [1.54, 1.807) is 6.92 Å². The quantitative estimate of drug-likeness (QED) is 0.693. The molecule has 4 rings (SSSR count). The fourth-order valence-electron chi connectivity index (χ4n) is 4.78. The summed E-state index contributed by atoms with van der Waals surface area (Å²) in [6, 6.07) is 17.6. The zero-order valence-corrected chi connectivity index (χ0v) is 19.1. The predicted molar refractivity (Wildman–Crippen MR) is 126 cm³/mol. The molecule has 1 atom stereocenters. The molecule has 2 aromatic rings. The largest absolute Gasteiger partial charge is 0.463 e. The van der Waals surface area contributed by atoms with E-state index < -0.39 is 11.9 Å². The van der Waals surface area contributed by atoms with E-state index in [4.69, 9.17) is 10.5 Å². The zero-order valence-electron chi connectivity index (χ0n) is 19.1. The third kappa shape index (κ3) is 3.83. The normalized spacial score (nSPS) is 20.3. The standard InChI is InChI=1S/C27H30N2O3/c1-5-32-26(31)24-22(18-13-11-17(2)12-14-18)23-20(15-27(3,4)16-21(23)30)29(25(24)28)19-9-7-6-8-10-19/h6-14,22H,5,15-16,28H2,1-4H3. The Kier molecular flexibility index (Phi) is 5.68. The number of esters is 1. The molecule has 0 bridgehead atoms. The lowest BCUT2D eigenvalue weighted by Gasteiger charge is -2.44. The van der Waals surface area contributed by atoms with E-state index in [1.165, 1.54) is 0 Å². The molecule has 2 N–H and O–H groups in total. The minimum Gasteiger partial charge on any atom is -0.463 e. The van der Waals surface area contributed by atoms with E-state index in [0.29, 0.717) is 29.8 Å². The summed E-state index contributed by atoms with van der Waals surface area (Å²) in [4.78, 5) is 28.7. The monoisotopic (exact) mass is 430 g/mol. The molecule has 0 saturated heterocycles. The van der Waals surface area contributed by atoms with Crippen LogP contribution in [0.25, 0.3) is 0 Å². The Morgan fingerprint density at radius 3 is 2.38 bits per heavy atom. The van der Waals surface area contributed by atoms with Crippen LogP contribution in [0.2, 0.25) is 0 Å². The van der Waals surface area contributed by atoms with Crippen molar-refractivity contribution in [3.8, 4) is 0 Å². The van der Waals surface area contributed by atoms with Crippen LogP contribution in [-0.4, -0.2) is 18.4 Å². The molecule has 1 heterocycles. The lowest BCUT2D eigenvalue weighted by molar-refractivity contribution is -0.138. The highest BCUT2D eigenvalue weighted by atomic mass is 16.5. The minimum atomic E-state index is -0.548. The van der Waals surface area contributed by atoms with Gasteiger partial charge in [-0.05, 0) is 43.4 Å². The minimum absolute atomic E-state index is 0.0528. The molecule has 166 valence electrons. The van der Waals surface area contributed by atoms with Gasteiger partial charge in [0, 0.05) is 23.4 Å². The molecule has 1 aliphatic carbocycles. The number of rotatable bonds is 4. The Hall–Kier alpha value is -3.34. The maximum absolute atomic E-state index is 13.6. The number of ether oxygens (including phenoxy) is 1. The number of carbonyl (C=O) groups excluding carboxylic acids is 2. The maximum atomic E-state index is 13.6. The first-order chi connectivity index (χ1) is 15.2. The summed E-state index contributed by atoms with van der Waals surface area (Å²) in [5.41, 5.74) is 11.2. The molecule has 0 amide bonds. The molecule has 0 saturated carbocycles. The van der Waals surface area contributed by atoms with Gasteiger partial charge in [0.2, 0.25) is 0 Å². The molecule has 32 heavy (non-hydrogen) atoms. The van der Waals surface area contributed by atoms with Gasteiger partial charge in [-0.3, -0.25) is 9.69 Å². The van der Waals surface area contributed by atoms with Crippen molar-refractivity contribution in [2.45, 2.75) is 46.5 Å². The van der Waals surface area contributed by atoms with Gasteiger partial charge in [0.25, 0.3) is 0 Å². The van der Waals surface area contributed by atoms with Gasteiger partial charge in [-0.1, -0.05) is 61.9 Å². The van der Waals surface area contributed by atoms with Gasteiger partial charge in [0.15, 0.2) is 5.78 Å². The fourth-order valence-corrected chi connectivity index (χ4v) is 4.78. The molecule has 2 aliphatic rings. The van der Waals surface area contributed by atoms with Crippen LogP contribution in [0.5, 0.6) is 0 Å². The van der Waals surface area contributed by atoms with Gasteiger partial charge < -0.3 is 10.5 Å². The van der Waals surface area contributed by atoms with E-state index in [1.807, 2.05) is 66.4 Å². The van der Waals surface area contributed by atoms with Crippen LogP contribution in [0.15, 0.2) is 77.3 Å². The summed E-state index contributed by atoms with van der Waals surface area (Å²) in [7, 11) is 0. The first kappa shape index (κ1) is 21.9. The molecule has 0 fully saturated rings. The van der Waals surface area contributed by atoms with Crippen molar-refractivity contribution in [1.82, 2.24) is 0 Å². The van der Waals surface area contributed by atoms with Crippen LogP contribution in [-0.2, 0) is 14.3 Å². The average molecular weight is 431 g/mol. The number of Topliss-reactive ketones (excluding diaryl/α,β-unsaturated/α-hetero) is 1. The summed E-state index contributed by atoms with van der Waals surface area (Å²) >= 11 is 0. The Labute approximate surface area is 189 Å². The highest BCUT2D eigenvalue weighted by Crippen LogP contribution is 2.50. The fraction of sp³-hybridized carbons (Fsp3) is 0.333. The van der Waals surface area contributed by atoms with Crippen LogP contribution in [0, 0.1) is 12.3 Å². The number of carbonyl (C=O) groups is 2. The Balaban J connectivity index is 2.01. The van der Waals surface area contributed by atoms with E-state index in [9.17, 15) is 9.59 Å². The number of nitrogens with zero attached hydrogens (tertiary/aromatic N) is 1. The van der Waals surface area contributed by atoms with Crippen molar-refractivity contribution in [2.75, 3.05) is 11.5 Å². The van der Waals surface area contributed by atoms with Crippen LogP contribution in [0.1, 0.15) is 50.7 Å². The SMILES string of the molecule is CCOC(=O)C1=C(N)N(c2ccccc2)C2=C(C(=O)CC(C)(C)C2)C1c1ccc(C)cc1. The molecule has 5 nitrogen and oxygen atoms in total. The summed E-state index contributed by atoms with van der Waals surface area (Å²) < 4.78 is 5.43. The molecule has 1 aliphatic heterocycles. The van der Waals surface area contributed by atoms with Gasteiger partial charge in [-0.15, -0.1) is 0 Å². The molecule has 0 radical (unpaired) electrons. The smallest absolute Gasteiger partial charge is 0.338 e. The highest BCUT2D eigenvalue weighted by molar-refractivity contribution is 6.05. The number of nitrogens with two attached hydrogens (primary N) is 1. The number of ketones is 1. The van der Waals surface area contributed by atoms with Gasteiger partial charge in [-0.25, -0.2) is 4.79 Å². The molecule has 2 aromatic carbocycles. The second-order valence-corrected chi connectivity index (χ2v) is 9.34. The van der Waals surface area contributed by atoms with Crippen molar-refractivity contribution >= 4 is 17.4 Å². The maximum Gasteiger partial charge on any atom is 0.338 e. The van der Waals surface area contributed by atoms with Crippen molar-refractivity contribution in [1.29, 1.82) is 0 Å². The molecule has 5 heteroatoms. The summed E-state index contributed by atoms with van der Waals surface area (Å²) in [5.74, 6) is -0.657. The molecular weight excluding hydrogens is 400 g/mol. The van der Waals surface area contributed by atoms with Crippen molar-refractivity contribution in [3.05, 3.63) is 88.4 Å². The highest BCUT2D eigenvalue weighted by Gasteiger charge is 2.46. The number of para-hydroxylation sites is 1. The first-order valence-electron chi connectivity index (χ1n) is 11.1. The molecular formula is C27H30N2O3.